The highest BCUT2D eigenvalue weighted by Crippen LogP contribution is 2.19. The molecule has 4 nitrogen and oxygen atoms in total. The minimum absolute atomic E-state index is 0.0796. The number of unbranched alkanes of at least 4 members (excludes halogenated alkanes) is 1. The summed E-state index contributed by atoms with van der Waals surface area (Å²) in [5.41, 5.74) is 0.0796. The first-order valence-electron chi connectivity index (χ1n) is 7.10. The van der Waals surface area contributed by atoms with Gasteiger partial charge < -0.3 is 13.9 Å². The van der Waals surface area contributed by atoms with E-state index in [0.717, 1.165) is 49.8 Å². The van der Waals surface area contributed by atoms with E-state index in [4.69, 9.17) is 13.9 Å². The summed E-state index contributed by atoms with van der Waals surface area (Å²) in [5.74, 6) is 0. The maximum Gasteiger partial charge on any atom is 0.146 e. The highest BCUT2D eigenvalue weighted by molar-refractivity contribution is 5.98. The van der Waals surface area contributed by atoms with Gasteiger partial charge in [-0.1, -0.05) is 0 Å². The second kappa shape index (κ2) is 6.48. The van der Waals surface area contributed by atoms with E-state index in [1.165, 1.54) is 12.8 Å². The van der Waals surface area contributed by atoms with Crippen molar-refractivity contribution in [3.05, 3.63) is 0 Å². The Morgan fingerprint density at radius 1 is 1.17 bits per heavy atom. The number of hydrogen-bond donors (Lipinski definition) is 0. The molecule has 0 spiro atoms. The van der Waals surface area contributed by atoms with Crippen molar-refractivity contribution in [2.75, 3.05) is 32.8 Å². The van der Waals surface area contributed by atoms with Gasteiger partial charge in [-0.25, -0.2) is 0 Å². The Balaban J connectivity index is 1.58. The monoisotopic (exact) mass is 273 g/mol. The van der Waals surface area contributed by atoms with E-state index in [1.54, 1.807) is 0 Å². The van der Waals surface area contributed by atoms with Crippen LogP contribution in [0.25, 0.3) is 0 Å². The van der Waals surface area contributed by atoms with E-state index in [1.807, 2.05) is 0 Å². The van der Waals surface area contributed by atoms with Crippen LogP contribution in [-0.4, -0.2) is 66.0 Å². The zero-order valence-corrected chi connectivity index (χ0v) is 14.0. The summed E-state index contributed by atoms with van der Waals surface area (Å²) in [7, 11) is 0.832. The third-order valence-electron chi connectivity index (χ3n) is 3.78. The fourth-order valence-electron chi connectivity index (χ4n) is 2.17. The van der Waals surface area contributed by atoms with E-state index in [2.05, 4.69) is 18.7 Å². The lowest BCUT2D eigenvalue weighted by Crippen LogP contribution is -2.33. The van der Waals surface area contributed by atoms with Gasteiger partial charge >= 0.3 is 0 Å². The molecule has 0 aromatic carbocycles. The molecule has 0 radical (unpaired) electrons. The maximum atomic E-state index is 5.58. The molecule has 0 aliphatic carbocycles. The third-order valence-corrected chi connectivity index (χ3v) is 4.89. The molecular formula is C13H27NO3Si. The average molecular weight is 273 g/mol. The fraction of sp³-hybridized carbons (Fsp3) is 1.00. The van der Waals surface area contributed by atoms with E-state index in [0.29, 0.717) is 12.2 Å². The lowest BCUT2D eigenvalue weighted by molar-refractivity contribution is 0.107. The first kappa shape index (κ1) is 14.5. The minimum atomic E-state index is 0.0796. The van der Waals surface area contributed by atoms with E-state index < -0.39 is 0 Å². The summed E-state index contributed by atoms with van der Waals surface area (Å²) in [6, 6.07) is 0. The van der Waals surface area contributed by atoms with Crippen LogP contribution in [0, 0.1) is 0 Å². The number of nitrogens with zero attached hydrogens (tertiary/aromatic N) is 1. The second-order valence-electron chi connectivity index (χ2n) is 6.09. The van der Waals surface area contributed by atoms with E-state index in [-0.39, 0.29) is 5.60 Å². The van der Waals surface area contributed by atoms with Crippen LogP contribution < -0.4 is 0 Å². The molecule has 5 heteroatoms. The van der Waals surface area contributed by atoms with Crippen molar-refractivity contribution in [3.63, 3.8) is 0 Å². The van der Waals surface area contributed by atoms with Gasteiger partial charge in [0.2, 0.25) is 0 Å². The molecule has 2 saturated heterocycles. The van der Waals surface area contributed by atoms with Gasteiger partial charge in [0.1, 0.15) is 10.5 Å². The quantitative estimate of drug-likeness (QED) is 0.327. The number of ether oxygens (including phenoxy) is 2. The maximum absolute atomic E-state index is 5.58. The van der Waals surface area contributed by atoms with Gasteiger partial charge in [-0.15, -0.1) is 0 Å². The second-order valence-corrected chi connectivity index (χ2v) is 6.50. The van der Waals surface area contributed by atoms with Gasteiger partial charge in [-0.05, 0) is 39.7 Å². The molecule has 0 N–H and O–H groups in total. The Bertz CT molecular complexity index is 241. The van der Waals surface area contributed by atoms with Gasteiger partial charge in [0.15, 0.2) is 0 Å². The summed E-state index contributed by atoms with van der Waals surface area (Å²) in [6.07, 6.45) is 4.62. The Labute approximate surface area is 114 Å². The molecule has 2 unspecified atom stereocenters. The average Bonchev–Trinajstić information content (AvgIpc) is 3.20. The van der Waals surface area contributed by atoms with Crippen molar-refractivity contribution in [3.8, 4) is 0 Å². The minimum Gasteiger partial charge on any atom is -0.423 e. The number of epoxide rings is 2. The molecule has 0 saturated carbocycles. The molecule has 0 bridgehead atoms. The number of rotatable bonds is 10. The van der Waals surface area contributed by atoms with Crippen LogP contribution in [0.15, 0.2) is 0 Å². The Morgan fingerprint density at radius 2 is 1.72 bits per heavy atom. The molecule has 2 aliphatic heterocycles. The molecule has 2 fully saturated rings. The summed E-state index contributed by atoms with van der Waals surface area (Å²) < 4.78 is 16.2. The lowest BCUT2D eigenvalue weighted by Gasteiger charge is -2.25. The van der Waals surface area contributed by atoms with Crippen LogP contribution in [0.3, 0.4) is 0 Å². The van der Waals surface area contributed by atoms with Gasteiger partial charge in [-0.2, -0.15) is 0 Å². The molecule has 0 aromatic rings. The molecule has 18 heavy (non-hydrogen) atoms. The van der Waals surface area contributed by atoms with Crippen molar-refractivity contribution in [2.45, 2.75) is 50.9 Å². The highest BCUT2D eigenvalue weighted by atomic mass is 28.2. The zero-order chi connectivity index (χ0) is 13.0. The normalized spacial score (nSPS) is 26.8. The smallest absolute Gasteiger partial charge is 0.146 e. The Hall–Kier alpha value is 0.0569. The van der Waals surface area contributed by atoms with Crippen molar-refractivity contribution in [1.82, 2.24) is 4.90 Å². The highest BCUT2D eigenvalue weighted by Gasteiger charge is 2.30. The topological polar surface area (TPSA) is 37.5 Å². The molecule has 2 aliphatic rings. The SMILES string of the molecule is CC(C)(CCCCN(CC1CO1)CC1CO1)O[SiH3]. The molecule has 2 atom stereocenters. The Morgan fingerprint density at radius 3 is 2.17 bits per heavy atom. The van der Waals surface area contributed by atoms with Crippen LogP contribution >= 0.6 is 0 Å². The van der Waals surface area contributed by atoms with Gasteiger partial charge in [0.25, 0.3) is 0 Å². The van der Waals surface area contributed by atoms with Crippen LogP contribution in [0.5, 0.6) is 0 Å². The van der Waals surface area contributed by atoms with E-state index >= 15 is 0 Å². The van der Waals surface area contributed by atoms with Crippen molar-refractivity contribution in [2.24, 2.45) is 0 Å². The van der Waals surface area contributed by atoms with Crippen molar-refractivity contribution in [1.29, 1.82) is 0 Å². The largest absolute Gasteiger partial charge is 0.423 e. The molecule has 2 heterocycles. The molecule has 0 amide bonds. The first-order chi connectivity index (χ1) is 8.59. The van der Waals surface area contributed by atoms with Crippen molar-refractivity contribution >= 4 is 10.5 Å². The fourth-order valence-corrected chi connectivity index (χ4v) is 2.37. The van der Waals surface area contributed by atoms with Crippen LogP contribution in [0.1, 0.15) is 33.1 Å². The predicted molar refractivity (Wildman–Crippen MR) is 74.9 cm³/mol. The molecule has 2 rings (SSSR count). The zero-order valence-electron chi connectivity index (χ0n) is 12.0. The number of hydrogen-bond acceptors (Lipinski definition) is 4. The summed E-state index contributed by atoms with van der Waals surface area (Å²) >= 11 is 0. The lowest BCUT2D eigenvalue weighted by atomic mass is 10.0. The first-order valence-corrected chi connectivity index (χ1v) is 7.91. The summed E-state index contributed by atoms with van der Waals surface area (Å²) in [5, 5.41) is 0. The Kier molecular flexibility index (Phi) is 5.21. The van der Waals surface area contributed by atoms with Gasteiger partial charge in [-0.3, -0.25) is 4.90 Å². The van der Waals surface area contributed by atoms with Crippen LogP contribution in [0.2, 0.25) is 0 Å². The molecule has 0 aromatic heterocycles. The molecular weight excluding hydrogens is 246 g/mol. The van der Waals surface area contributed by atoms with Gasteiger partial charge in [0.05, 0.1) is 25.4 Å². The predicted octanol–water partition coefficient (Wildman–Crippen LogP) is 0.332. The van der Waals surface area contributed by atoms with E-state index in [9.17, 15) is 0 Å². The standard InChI is InChI=1S/C13H27NO3Si/c1-13(2,17-18)5-3-4-6-14(7-11-9-15-11)8-12-10-16-12/h11-12H,3-10H2,1-2,18H3. The van der Waals surface area contributed by atoms with Crippen LogP contribution in [0.4, 0.5) is 0 Å². The summed E-state index contributed by atoms with van der Waals surface area (Å²) in [4.78, 5) is 2.50. The van der Waals surface area contributed by atoms with Crippen molar-refractivity contribution < 1.29 is 13.9 Å². The molecule has 106 valence electrons. The summed E-state index contributed by atoms with van der Waals surface area (Å²) in [6.45, 7) is 9.60. The van der Waals surface area contributed by atoms with Crippen LogP contribution in [-0.2, 0) is 13.9 Å². The van der Waals surface area contributed by atoms with Gasteiger partial charge in [0, 0.05) is 18.7 Å². The third kappa shape index (κ3) is 5.80.